The lowest BCUT2D eigenvalue weighted by molar-refractivity contribution is -0.312. The summed E-state index contributed by atoms with van der Waals surface area (Å²) in [6.07, 6.45) is 11.3. The number of allylic oxidation sites excluding steroid dienone is 5. The van der Waals surface area contributed by atoms with E-state index in [-0.39, 0.29) is 11.5 Å². The molecule has 6 nitrogen and oxygen atoms in total. The second-order valence-electron chi connectivity index (χ2n) is 14.7. The van der Waals surface area contributed by atoms with E-state index in [1.807, 2.05) is 0 Å². The number of aliphatic hydroxyl groups is 4. The largest absolute Gasteiger partial charge is 0.394 e. The van der Waals surface area contributed by atoms with Crippen LogP contribution in [-0.2, 0) is 9.47 Å². The number of fused-ring (bicyclic) bond motifs is 5. The van der Waals surface area contributed by atoms with E-state index in [1.54, 1.807) is 5.57 Å². The summed E-state index contributed by atoms with van der Waals surface area (Å²) in [5, 5.41) is 40.3. The molecule has 4 fully saturated rings. The second kappa shape index (κ2) is 11.6. The lowest BCUT2D eigenvalue weighted by Gasteiger charge is -2.55. The minimum atomic E-state index is -1.41. The topological polar surface area (TPSA) is 99.4 Å². The molecule has 1 heterocycles. The van der Waals surface area contributed by atoms with Crippen molar-refractivity contribution in [1.29, 1.82) is 0 Å². The van der Waals surface area contributed by atoms with Crippen molar-refractivity contribution in [1.82, 2.24) is 0 Å². The first-order chi connectivity index (χ1) is 18.9. The fourth-order valence-corrected chi connectivity index (χ4v) is 9.07. The highest BCUT2D eigenvalue weighted by atomic mass is 16.7. The van der Waals surface area contributed by atoms with E-state index in [4.69, 9.17) is 9.47 Å². The van der Waals surface area contributed by atoms with Crippen molar-refractivity contribution in [2.24, 2.45) is 46.3 Å². The molecule has 0 radical (unpaired) electrons. The van der Waals surface area contributed by atoms with Crippen LogP contribution in [0.4, 0.5) is 0 Å². The van der Waals surface area contributed by atoms with Crippen LogP contribution in [0.15, 0.2) is 35.5 Å². The zero-order chi connectivity index (χ0) is 29.0. The van der Waals surface area contributed by atoms with Gasteiger partial charge in [0.2, 0.25) is 0 Å². The zero-order valence-electron chi connectivity index (χ0n) is 25.5. The van der Waals surface area contributed by atoms with Crippen molar-refractivity contribution in [3.8, 4) is 0 Å². The Balaban J connectivity index is 1.29. The monoisotopic (exact) mass is 558 g/mol. The molecule has 4 N–H and O–H groups in total. The molecule has 40 heavy (non-hydrogen) atoms. The van der Waals surface area contributed by atoms with E-state index >= 15 is 0 Å². The van der Waals surface area contributed by atoms with Gasteiger partial charge in [0.05, 0.1) is 12.7 Å². The predicted octanol–water partition coefficient (Wildman–Crippen LogP) is 5.16. The van der Waals surface area contributed by atoms with Crippen LogP contribution in [0.2, 0.25) is 0 Å². The molecule has 0 bridgehead atoms. The maximum absolute atomic E-state index is 10.5. The van der Waals surface area contributed by atoms with Crippen LogP contribution in [0.3, 0.4) is 0 Å². The third-order valence-corrected chi connectivity index (χ3v) is 12.2. The molecule has 0 aromatic heterocycles. The third kappa shape index (κ3) is 5.20. The van der Waals surface area contributed by atoms with E-state index in [1.165, 1.54) is 31.3 Å². The Bertz CT molecular complexity index is 1000. The maximum Gasteiger partial charge on any atom is 0.186 e. The highest BCUT2D eigenvalue weighted by Gasteiger charge is 2.57. The Kier molecular flexibility index (Phi) is 8.81. The first kappa shape index (κ1) is 30.4. The van der Waals surface area contributed by atoms with Crippen molar-refractivity contribution in [3.05, 3.63) is 35.5 Å². The summed E-state index contributed by atoms with van der Waals surface area (Å²) in [6, 6.07) is 0. The van der Waals surface area contributed by atoms with Gasteiger partial charge in [-0.05, 0) is 91.3 Å². The summed E-state index contributed by atoms with van der Waals surface area (Å²) in [5.41, 5.74) is 3.58. The van der Waals surface area contributed by atoms with Crippen molar-refractivity contribution < 1.29 is 29.9 Å². The van der Waals surface area contributed by atoms with Gasteiger partial charge >= 0.3 is 0 Å². The van der Waals surface area contributed by atoms with Crippen LogP contribution in [-0.4, -0.2) is 63.8 Å². The van der Waals surface area contributed by atoms with Gasteiger partial charge in [0.1, 0.15) is 24.4 Å². The average molecular weight is 559 g/mol. The van der Waals surface area contributed by atoms with Crippen molar-refractivity contribution in [3.63, 3.8) is 0 Å². The van der Waals surface area contributed by atoms with Gasteiger partial charge in [-0.25, -0.2) is 0 Å². The minimum Gasteiger partial charge on any atom is -0.394 e. The van der Waals surface area contributed by atoms with E-state index < -0.39 is 37.3 Å². The number of hydrogen-bond donors (Lipinski definition) is 4. The number of ether oxygens (including phenoxy) is 2. The van der Waals surface area contributed by atoms with E-state index in [2.05, 4.69) is 65.8 Å². The molecule has 0 amide bonds. The quantitative estimate of drug-likeness (QED) is 0.323. The first-order valence-corrected chi connectivity index (χ1v) is 16.0. The molecule has 0 spiro atoms. The molecule has 13 atom stereocenters. The van der Waals surface area contributed by atoms with Gasteiger partial charge in [-0.1, -0.05) is 77.0 Å². The Morgan fingerprint density at radius 1 is 0.925 bits per heavy atom. The highest BCUT2D eigenvalue weighted by molar-refractivity contribution is 5.39. The molecule has 5 aliphatic rings. The molecule has 3 saturated carbocycles. The molecule has 5 rings (SSSR count). The molecular formula is C34H54O6. The van der Waals surface area contributed by atoms with E-state index in [0.717, 1.165) is 25.2 Å². The van der Waals surface area contributed by atoms with Crippen LogP contribution in [0.1, 0.15) is 86.5 Å². The van der Waals surface area contributed by atoms with Crippen LogP contribution < -0.4 is 0 Å². The molecule has 1 aliphatic heterocycles. The number of aliphatic hydroxyl groups excluding tert-OH is 4. The standard InChI is InChI=1S/C34H54O6/c1-19(2)20(3)7-8-21(4)25-11-12-26-24-10-9-22-17-23(13-15-33(22,5)27(24)14-16-34(25,26)6)39-32-31(38)30(37)29(36)28(18-35)40-32/h7-10,19-21,23,25-32,35-38H,11-18H2,1-6H3/b8-7+/t20-,21?,23-,25+,26?,27-,28?,29?,30?,31?,32?,33-,34+/m0/s1. The predicted molar refractivity (Wildman–Crippen MR) is 156 cm³/mol. The summed E-state index contributed by atoms with van der Waals surface area (Å²) >= 11 is 0. The average Bonchev–Trinajstić information content (AvgIpc) is 3.29. The van der Waals surface area contributed by atoms with Crippen molar-refractivity contribution >= 4 is 0 Å². The lowest BCUT2D eigenvalue weighted by atomic mass is 9.50. The SMILES string of the molecule is CC(/C=C/[C@H](C)C(C)C)[C@H]1CCC2C3=CC=C4C[C@@H](OC5OC(CO)C(O)C(O)C5O)CC[C@]4(C)[C@H]3CC[C@@]21C. The van der Waals surface area contributed by atoms with Crippen molar-refractivity contribution in [2.45, 2.75) is 123 Å². The highest BCUT2D eigenvalue weighted by Crippen LogP contribution is 2.66. The smallest absolute Gasteiger partial charge is 0.186 e. The van der Waals surface area contributed by atoms with Crippen LogP contribution >= 0.6 is 0 Å². The van der Waals surface area contributed by atoms with Crippen molar-refractivity contribution in [2.75, 3.05) is 6.61 Å². The van der Waals surface area contributed by atoms with Gasteiger partial charge in [0.15, 0.2) is 6.29 Å². The fraction of sp³-hybridized carbons (Fsp3) is 0.824. The van der Waals surface area contributed by atoms with E-state index in [0.29, 0.717) is 35.0 Å². The zero-order valence-corrected chi connectivity index (χ0v) is 25.5. The Hall–Kier alpha value is -1.02. The molecule has 226 valence electrons. The number of rotatable bonds is 7. The van der Waals surface area contributed by atoms with Crippen LogP contribution in [0, 0.1) is 46.3 Å². The second-order valence-corrected chi connectivity index (χ2v) is 14.7. The normalized spacial score (nSPS) is 46.8. The van der Waals surface area contributed by atoms with Crippen LogP contribution in [0.5, 0.6) is 0 Å². The lowest BCUT2D eigenvalue weighted by Crippen LogP contribution is -2.60. The Morgan fingerprint density at radius 3 is 2.38 bits per heavy atom. The third-order valence-electron chi connectivity index (χ3n) is 12.2. The summed E-state index contributed by atoms with van der Waals surface area (Å²) in [7, 11) is 0. The Morgan fingerprint density at radius 2 is 1.68 bits per heavy atom. The number of hydrogen-bond acceptors (Lipinski definition) is 6. The first-order valence-electron chi connectivity index (χ1n) is 16.0. The molecule has 4 aliphatic carbocycles. The molecule has 1 saturated heterocycles. The van der Waals surface area contributed by atoms with Crippen LogP contribution in [0.25, 0.3) is 0 Å². The summed E-state index contributed by atoms with van der Waals surface area (Å²) in [6.45, 7) is 14.0. The van der Waals surface area contributed by atoms with Gasteiger partial charge in [0, 0.05) is 0 Å². The van der Waals surface area contributed by atoms with Gasteiger partial charge in [-0.3, -0.25) is 0 Å². The van der Waals surface area contributed by atoms with Gasteiger partial charge in [0.25, 0.3) is 0 Å². The molecule has 6 heteroatoms. The fourth-order valence-electron chi connectivity index (χ4n) is 9.07. The van der Waals surface area contributed by atoms with Gasteiger partial charge < -0.3 is 29.9 Å². The minimum absolute atomic E-state index is 0.122. The van der Waals surface area contributed by atoms with Gasteiger partial charge in [-0.15, -0.1) is 0 Å². The Labute approximate surface area is 241 Å². The van der Waals surface area contributed by atoms with Gasteiger partial charge in [-0.2, -0.15) is 0 Å². The maximum atomic E-state index is 10.5. The summed E-state index contributed by atoms with van der Waals surface area (Å²) in [4.78, 5) is 0. The molecule has 7 unspecified atom stereocenters. The molecule has 0 aromatic carbocycles. The van der Waals surface area contributed by atoms with E-state index in [9.17, 15) is 20.4 Å². The molecular weight excluding hydrogens is 504 g/mol. The summed E-state index contributed by atoms with van der Waals surface area (Å²) < 4.78 is 11.8. The summed E-state index contributed by atoms with van der Waals surface area (Å²) in [5.74, 6) is 3.87. The molecule has 0 aromatic rings.